The summed E-state index contributed by atoms with van der Waals surface area (Å²) in [5.74, 6) is -0.345. The topological polar surface area (TPSA) is 101 Å². The summed E-state index contributed by atoms with van der Waals surface area (Å²) in [5, 5.41) is 5.81. The van der Waals surface area contributed by atoms with Crippen LogP contribution in [0.5, 0.6) is 5.75 Å². The molecule has 34 heavy (non-hydrogen) atoms. The summed E-state index contributed by atoms with van der Waals surface area (Å²) in [7, 11) is 0. The van der Waals surface area contributed by atoms with E-state index in [1.807, 2.05) is 13.0 Å². The number of amides is 3. The van der Waals surface area contributed by atoms with Crippen molar-refractivity contribution in [3.05, 3.63) is 89.9 Å². The number of ether oxygens (including phenoxy) is 1. The van der Waals surface area contributed by atoms with Crippen LogP contribution in [0, 0.1) is 0 Å². The Bertz CT molecular complexity index is 1240. The predicted molar refractivity (Wildman–Crippen MR) is 129 cm³/mol. The van der Waals surface area contributed by atoms with Crippen LogP contribution in [0.15, 0.2) is 78.6 Å². The number of hydrogen-bond acceptors (Lipinski definition) is 6. The van der Waals surface area contributed by atoms with Gasteiger partial charge in [-0.15, -0.1) is 0 Å². The number of pyridine rings is 1. The fraction of sp³-hybridized carbons (Fsp3) is 0.154. The van der Waals surface area contributed by atoms with Gasteiger partial charge in [0.25, 0.3) is 11.8 Å². The van der Waals surface area contributed by atoms with E-state index >= 15 is 0 Å². The SMILES string of the molecule is CCOc1ccc(C2=C(Nc3ccc(NC(C)=O)cc3)C(=O)N(Cc3ccccn3)C2=O)cc1. The van der Waals surface area contributed by atoms with Gasteiger partial charge in [-0.2, -0.15) is 0 Å². The highest BCUT2D eigenvalue weighted by atomic mass is 16.5. The van der Waals surface area contributed by atoms with Crippen LogP contribution in [0.1, 0.15) is 25.1 Å². The molecule has 3 aromatic rings. The van der Waals surface area contributed by atoms with Gasteiger partial charge in [-0.3, -0.25) is 24.3 Å². The molecular weight excluding hydrogens is 432 g/mol. The van der Waals surface area contributed by atoms with Crippen molar-refractivity contribution in [2.24, 2.45) is 0 Å². The lowest BCUT2D eigenvalue weighted by Crippen LogP contribution is -2.32. The van der Waals surface area contributed by atoms with E-state index in [4.69, 9.17) is 4.74 Å². The first kappa shape index (κ1) is 22.7. The summed E-state index contributed by atoms with van der Waals surface area (Å²) in [6.45, 7) is 3.91. The van der Waals surface area contributed by atoms with Crippen LogP contribution in [0.3, 0.4) is 0 Å². The maximum absolute atomic E-state index is 13.4. The quantitative estimate of drug-likeness (QED) is 0.500. The fourth-order valence-corrected chi connectivity index (χ4v) is 3.63. The van der Waals surface area contributed by atoms with E-state index in [0.29, 0.717) is 35.0 Å². The molecule has 0 spiro atoms. The minimum atomic E-state index is -0.439. The molecule has 0 unspecified atom stereocenters. The number of aromatic nitrogens is 1. The van der Waals surface area contributed by atoms with Gasteiger partial charge in [0.05, 0.1) is 24.4 Å². The Kier molecular flexibility index (Phi) is 6.68. The van der Waals surface area contributed by atoms with Crippen molar-refractivity contribution in [2.45, 2.75) is 20.4 Å². The average Bonchev–Trinajstić information content (AvgIpc) is 3.06. The van der Waals surface area contributed by atoms with E-state index in [0.717, 1.165) is 0 Å². The standard InChI is InChI=1S/C26H24N4O4/c1-3-34-22-13-7-18(8-14-22)23-24(29-20-11-9-19(10-12-20)28-17(2)31)26(33)30(25(23)32)16-21-6-4-5-15-27-21/h4-15,29H,3,16H2,1-2H3,(H,28,31). The Morgan fingerprint density at radius 3 is 2.26 bits per heavy atom. The lowest BCUT2D eigenvalue weighted by Gasteiger charge is -2.15. The summed E-state index contributed by atoms with van der Waals surface area (Å²) in [6.07, 6.45) is 1.62. The third kappa shape index (κ3) is 4.96. The second kappa shape index (κ2) is 9.99. The fourth-order valence-electron chi connectivity index (χ4n) is 3.63. The van der Waals surface area contributed by atoms with Gasteiger partial charge in [0.1, 0.15) is 11.4 Å². The molecule has 1 aliphatic heterocycles. The molecule has 1 aromatic heterocycles. The summed E-state index contributed by atoms with van der Waals surface area (Å²) < 4.78 is 5.50. The van der Waals surface area contributed by atoms with Gasteiger partial charge in [-0.05, 0) is 61.0 Å². The molecule has 8 heteroatoms. The van der Waals surface area contributed by atoms with Crippen molar-refractivity contribution >= 4 is 34.7 Å². The Morgan fingerprint density at radius 2 is 1.65 bits per heavy atom. The van der Waals surface area contributed by atoms with Crippen molar-refractivity contribution in [1.82, 2.24) is 9.88 Å². The van der Waals surface area contributed by atoms with E-state index in [9.17, 15) is 14.4 Å². The molecule has 2 heterocycles. The molecule has 0 saturated heterocycles. The molecule has 4 rings (SSSR count). The van der Waals surface area contributed by atoms with Gasteiger partial charge >= 0.3 is 0 Å². The van der Waals surface area contributed by atoms with Crippen molar-refractivity contribution in [1.29, 1.82) is 0 Å². The van der Waals surface area contributed by atoms with Crippen LogP contribution in [0.25, 0.3) is 5.57 Å². The van der Waals surface area contributed by atoms with Crippen molar-refractivity contribution in [3.63, 3.8) is 0 Å². The number of anilines is 2. The molecule has 0 fully saturated rings. The van der Waals surface area contributed by atoms with Crippen LogP contribution < -0.4 is 15.4 Å². The lowest BCUT2D eigenvalue weighted by molar-refractivity contribution is -0.137. The summed E-state index contributed by atoms with van der Waals surface area (Å²) in [4.78, 5) is 43.5. The van der Waals surface area contributed by atoms with Crippen LogP contribution in [-0.4, -0.2) is 34.2 Å². The molecule has 1 aliphatic rings. The highest BCUT2D eigenvalue weighted by molar-refractivity contribution is 6.36. The Hall–Kier alpha value is -4.46. The van der Waals surface area contributed by atoms with Crippen LogP contribution in [-0.2, 0) is 20.9 Å². The molecule has 3 amide bonds. The van der Waals surface area contributed by atoms with E-state index < -0.39 is 11.8 Å². The summed E-state index contributed by atoms with van der Waals surface area (Å²) in [5.41, 5.74) is 2.89. The van der Waals surface area contributed by atoms with E-state index in [1.165, 1.54) is 11.8 Å². The molecule has 0 radical (unpaired) electrons. The second-order valence-electron chi connectivity index (χ2n) is 7.61. The minimum absolute atomic E-state index is 0.0612. The zero-order valence-corrected chi connectivity index (χ0v) is 18.9. The number of carbonyl (C=O) groups excluding carboxylic acids is 3. The lowest BCUT2D eigenvalue weighted by atomic mass is 10.0. The highest BCUT2D eigenvalue weighted by Crippen LogP contribution is 2.32. The van der Waals surface area contributed by atoms with Crippen LogP contribution in [0.4, 0.5) is 11.4 Å². The number of hydrogen-bond donors (Lipinski definition) is 2. The third-order valence-electron chi connectivity index (χ3n) is 5.14. The number of nitrogens with one attached hydrogen (secondary N) is 2. The van der Waals surface area contributed by atoms with Gasteiger partial charge in [0, 0.05) is 24.5 Å². The molecule has 8 nitrogen and oxygen atoms in total. The second-order valence-corrected chi connectivity index (χ2v) is 7.61. The smallest absolute Gasteiger partial charge is 0.278 e. The van der Waals surface area contributed by atoms with Crippen LogP contribution in [0.2, 0.25) is 0 Å². The van der Waals surface area contributed by atoms with Gasteiger partial charge in [-0.25, -0.2) is 0 Å². The zero-order valence-electron chi connectivity index (χ0n) is 18.9. The van der Waals surface area contributed by atoms with Gasteiger partial charge in [-0.1, -0.05) is 18.2 Å². The van der Waals surface area contributed by atoms with Crippen molar-refractivity contribution < 1.29 is 19.1 Å². The Balaban J connectivity index is 1.68. The van der Waals surface area contributed by atoms with Crippen molar-refractivity contribution in [3.8, 4) is 5.75 Å². The van der Waals surface area contributed by atoms with Gasteiger partial charge in [0.2, 0.25) is 5.91 Å². The molecule has 2 aromatic carbocycles. The first-order chi connectivity index (χ1) is 16.5. The maximum atomic E-state index is 13.4. The van der Waals surface area contributed by atoms with Gasteiger partial charge in [0.15, 0.2) is 0 Å². The highest BCUT2D eigenvalue weighted by Gasteiger charge is 2.39. The zero-order chi connectivity index (χ0) is 24.1. The molecule has 0 aliphatic carbocycles. The minimum Gasteiger partial charge on any atom is -0.494 e. The number of imide groups is 1. The summed E-state index contributed by atoms with van der Waals surface area (Å²) in [6, 6.07) is 19.3. The maximum Gasteiger partial charge on any atom is 0.278 e. The first-order valence-corrected chi connectivity index (χ1v) is 10.8. The average molecular weight is 457 g/mol. The van der Waals surface area contributed by atoms with Crippen LogP contribution >= 0.6 is 0 Å². The normalized spacial score (nSPS) is 13.3. The van der Waals surface area contributed by atoms with E-state index in [-0.39, 0.29) is 23.7 Å². The first-order valence-electron chi connectivity index (χ1n) is 10.8. The molecule has 0 bridgehead atoms. The van der Waals surface area contributed by atoms with Gasteiger partial charge < -0.3 is 15.4 Å². The molecule has 0 saturated carbocycles. The molecule has 172 valence electrons. The monoisotopic (exact) mass is 456 g/mol. The van der Waals surface area contributed by atoms with Crippen molar-refractivity contribution in [2.75, 3.05) is 17.2 Å². The third-order valence-corrected chi connectivity index (χ3v) is 5.14. The summed E-state index contributed by atoms with van der Waals surface area (Å²) >= 11 is 0. The van der Waals surface area contributed by atoms with E-state index in [2.05, 4.69) is 15.6 Å². The van der Waals surface area contributed by atoms with E-state index in [1.54, 1.807) is 66.9 Å². The molecule has 2 N–H and O–H groups in total. The molecular formula is C26H24N4O4. The number of carbonyl (C=O) groups is 3. The largest absolute Gasteiger partial charge is 0.494 e. The number of benzene rings is 2. The number of nitrogens with zero attached hydrogens (tertiary/aromatic N) is 2. The molecule has 0 atom stereocenters. The Labute approximate surface area is 197 Å². The number of rotatable bonds is 8. The predicted octanol–water partition coefficient (Wildman–Crippen LogP) is 3.83. The Morgan fingerprint density at radius 1 is 0.941 bits per heavy atom.